The van der Waals surface area contributed by atoms with Gasteiger partial charge in [-0.25, -0.2) is 24.0 Å². The van der Waals surface area contributed by atoms with Gasteiger partial charge >= 0.3 is 5.69 Å². The van der Waals surface area contributed by atoms with Crippen LogP contribution in [0.15, 0.2) is 34.0 Å². The molecule has 0 fully saturated rings. The molecule has 0 aliphatic rings. The fraction of sp³-hybridized carbons (Fsp3) is 0.158. The zero-order valence-corrected chi connectivity index (χ0v) is 16.1. The van der Waals surface area contributed by atoms with E-state index < -0.39 is 22.9 Å². The molecule has 0 spiro atoms. The van der Waals surface area contributed by atoms with Gasteiger partial charge in [0, 0.05) is 12.1 Å². The average molecular weight is 413 g/mol. The van der Waals surface area contributed by atoms with Crippen molar-refractivity contribution < 1.29 is 8.78 Å². The Hall–Kier alpha value is -4.04. The second-order valence-electron chi connectivity index (χ2n) is 6.43. The predicted molar refractivity (Wildman–Crippen MR) is 107 cm³/mol. The van der Waals surface area contributed by atoms with Crippen LogP contribution in [0.4, 0.5) is 25.8 Å². The molecule has 2 aromatic heterocycles. The summed E-state index contributed by atoms with van der Waals surface area (Å²) >= 11 is 0. The number of hydrogen-bond donors (Lipinski definition) is 2. The minimum atomic E-state index is -1.21. The lowest BCUT2D eigenvalue weighted by molar-refractivity contribution is 0.509. The van der Waals surface area contributed by atoms with Gasteiger partial charge in [0.15, 0.2) is 17.5 Å². The van der Waals surface area contributed by atoms with Gasteiger partial charge in [-0.2, -0.15) is 5.10 Å². The quantitative estimate of drug-likeness (QED) is 0.282. The molecule has 0 saturated carbocycles. The van der Waals surface area contributed by atoms with E-state index in [2.05, 4.69) is 16.1 Å². The van der Waals surface area contributed by atoms with Gasteiger partial charge in [-0.1, -0.05) is 5.92 Å². The molecule has 0 amide bonds. The van der Waals surface area contributed by atoms with Crippen molar-refractivity contribution in [1.82, 2.24) is 19.3 Å². The van der Waals surface area contributed by atoms with Crippen LogP contribution in [0.25, 0.3) is 5.82 Å². The normalized spacial score (nSPS) is 10.7. The Morgan fingerprint density at radius 3 is 2.50 bits per heavy atom. The number of aryl methyl sites for hydroxylation is 1. The third-order valence-electron chi connectivity index (χ3n) is 4.40. The Bertz CT molecular complexity index is 1310. The fourth-order valence-corrected chi connectivity index (χ4v) is 2.94. The number of terminal acetylenes is 1. The first-order valence-corrected chi connectivity index (χ1v) is 8.56. The number of nitrogens with two attached hydrogens (primary N) is 2. The smallest absolute Gasteiger partial charge is 0.338 e. The highest BCUT2D eigenvalue weighted by molar-refractivity contribution is 5.74. The number of hydrazine groups is 1. The molecule has 0 aliphatic carbocycles. The second kappa shape index (κ2) is 7.76. The second-order valence-corrected chi connectivity index (χ2v) is 6.43. The molecular weight excluding hydrogens is 396 g/mol. The SMILES string of the molecule is C#CCn1c(C)c(N(N)c2cc(F)c(F)cc2N)c(=O)n(-c2cc(C)cnn2)c1=O. The molecule has 9 nitrogen and oxygen atoms in total. The highest BCUT2D eigenvalue weighted by Gasteiger charge is 2.24. The summed E-state index contributed by atoms with van der Waals surface area (Å²) in [4.78, 5) is 26.2. The summed E-state index contributed by atoms with van der Waals surface area (Å²) in [7, 11) is 0. The number of aromatic nitrogens is 4. The van der Waals surface area contributed by atoms with Gasteiger partial charge in [0.25, 0.3) is 5.56 Å². The van der Waals surface area contributed by atoms with Crippen molar-refractivity contribution in [1.29, 1.82) is 0 Å². The highest BCUT2D eigenvalue weighted by Crippen LogP contribution is 2.29. The summed E-state index contributed by atoms with van der Waals surface area (Å²) in [6.45, 7) is 2.96. The molecule has 11 heteroatoms. The molecule has 0 radical (unpaired) electrons. The Kier molecular flexibility index (Phi) is 5.35. The minimum absolute atomic E-state index is 0.0521. The minimum Gasteiger partial charge on any atom is -0.397 e. The first-order valence-electron chi connectivity index (χ1n) is 8.56. The van der Waals surface area contributed by atoms with Crippen LogP contribution in [0.5, 0.6) is 0 Å². The van der Waals surface area contributed by atoms with Crippen LogP contribution in [0.1, 0.15) is 11.3 Å². The van der Waals surface area contributed by atoms with Crippen LogP contribution in [-0.2, 0) is 6.54 Å². The van der Waals surface area contributed by atoms with Crippen LogP contribution < -0.4 is 27.8 Å². The molecule has 30 heavy (non-hydrogen) atoms. The molecule has 3 rings (SSSR count). The zero-order chi connectivity index (χ0) is 22.2. The van der Waals surface area contributed by atoms with Crippen molar-refractivity contribution in [3.8, 4) is 18.2 Å². The van der Waals surface area contributed by atoms with Crippen molar-refractivity contribution in [2.75, 3.05) is 10.7 Å². The van der Waals surface area contributed by atoms with Crippen LogP contribution in [0, 0.1) is 37.8 Å². The lowest BCUT2D eigenvalue weighted by atomic mass is 10.2. The van der Waals surface area contributed by atoms with Gasteiger partial charge in [0.05, 0.1) is 29.8 Å². The fourth-order valence-electron chi connectivity index (χ4n) is 2.94. The molecule has 0 aliphatic heterocycles. The molecule has 2 heterocycles. The molecule has 3 aromatic rings. The summed E-state index contributed by atoms with van der Waals surface area (Å²) in [5, 5.41) is 8.37. The van der Waals surface area contributed by atoms with Crippen LogP contribution in [0.2, 0.25) is 0 Å². The summed E-state index contributed by atoms with van der Waals surface area (Å²) in [5.74, 6) is 5.96. The third kappa shape index (κ3) is 3.40. The largest absolute Gasteiger partial charge is 0.397 e. The molecule has 154 valence electrons. The topological polar surface area (TPSA) is 125 Å². The monoisotopic (exact) mass is 413 g/mol. The van der Waals surface area contributed by atoms with E-state index >= 15 is 0 Å². The van der Waals surface area contributed by atoms with Crippen molar-refractivity contribution >= 4 is 17.1 Å². The molecule has 0 saturated heterocycles. The zero-order valence-electron chi connectivity index (χ0n) is 16.1. The first kappa shape index (κ1) is 20.7. The van der Waals surface area contributed by atoms with Gasteiger partial charge in [-0.3, -0.25) is 14.4 Å². The summed E-state index contributed by atoms with van der Waals surface area (Å²) in [6, 6.07) is 2.96. The number of rotatable bonds is 4. The van der Waals surface area contributed by atoms with E-state index in [9.17, 15) is 18.4 Å². The highest BCUT2D eigenvalue weighted by atomic mass is 19.2. The van der Waals surface area contributed by atoms with Crippen molar-refractivity contribution in [2.24, 2.45) is 5.84 Å². The van der Waals surface area contributed by atoms with Crippen LogP contribution >= 0.6 is 0 Å². The summed E-state index contributed by atoms with van der Waals surface area (Å²) < 4.78 is 29.1. The van der Waals surface area contributed by atoms with Crippen molar-refractivity contribution in [3.05, 3.63) is 68.1 Å². The maximum atomic E-state index is 13.8. The number of halogens is 2. The molecular formula is C19H17F2N7O2. The van der Waals surface area contributed by atoms with Gasteiger partial charge in [-0.15, -0.1) is 11.5 Å². The van der Waals surface area contributed by atoms with Gasteiger partial charge in [0.2, 0.25) is 0 Å². The molecule has 0 unspecified atom stereocenters. The maximum absolute atomic E-state index is 13.8. The van der Waals surface area contributed by atoms with Gasteiger partial charge in [-0.05, 0) is 25.5 Å². The first-order chi connectivity index (χ1) is 14.2. The molecule has 0 bridgehead atoms. The molecule has 4 N–H and O–H groups in total. The third-order valence-corrected chi connectivity index (χ3v) is 4.40. The van der Waals surface area contributed by atoms with E-state index in [1.807, 2.05) is 0 Å². The Balaban J connectivity index is 2.38. The van der Waals surface area contributed by atoms with Gasteiger partial charge < -0.3 is 5.73 Å². The molecule has 0 atom stereocenters. The van der Waals surface area contributed by atoms with E-state index in [1.165, 1.54) is 19.2 Å². The van der Waals surface area contributed by atoms with E-state index in [1.54, 1.807) is 6.92 Å². The van der Waals surface area contributed by atoms with E-state index in [0.717, 1.165) is 26.3 Å². The lowest BCUT2D eigenvalue weighted by Gasteiger charge is -2.24. The Labute approximate surface area is 169 Å². The number of benzene rings is 1. The number of anilines is 3. The lowest BCUT2D eigenvalue weighted by Crippen LogP contribution is -2.45. The van der Waals surface area contributed by atoms with E-state index in [4.69, 9.17) is 18.0 Å². The maximum Gasteiger partial charge on any atom is 0.338 e. The summed E-state index contributed by atoms with van der Waals surface area (Å²) in [5.41, 5.74) is 4.26. The van der Waals surface area contributed by atoms with Gasteiger partial charge in [0.1, 0.15) is 5.69 Å². The van der Waals surface area contributed by atoms with E-state index in [-0.39, 0.29) is 35.1 Å². The standard InChI is InChI=1S/C19H17F2N7O2/c1-4-5-26-11(3)17(28(23)15-8-13(21)12(20)7-14(15)22)18(29)27(19(26)30)16-6-10(2)9-24-25-16/h1,6-9H,5,22-23H2,2-3H3. The predicted octanol–water partition coefficient (Wildman–Crippen LogP) is 0.911. The van der Waals surface area contributed by atoms with Crippen molar-refractivity contribution in [2.45, 2.75) is 20.4 Å². The average Bonchev–Trinajstić information content (AvgIpc) is 2.68. The number of nitrogen functional groups attached to an aromatic ring is 1. The number of hydrogen-bond acceptors (Lipinski definition) is 7. The number of nitrogens with zero attached hydrogens (tertiary/aromatic N) is 5. The van der Waals surface area contributed by atoms with Crippen LogP contribution in [0.3, 0.4) is 0 Å². The Morgan fingerprint density at radius 1 is 1.20 bits per heavy atom. The van der Waals surface area contributed by atoms with Crippen LogP contribution in [-0.4, -0.2) is 19.3 Å². The van der Waals surface area contributed by atoms with E-state index in [0.29, 0.717) is 5.56 Å². The Morgan fingerprint density at radius 2 is 1.87 bits per heavy atom. The molecule has 1 aromatic carbocycles. The summed E-state index contributed by atoms with van der Waals surface area (Å²) in [6.07, 6.45) is 6.81. The van der Waals surface area contributed by atoms with Crippen molar-refractivity contribution in [3.63, 3.8) is 0 Å².